The van der Waals surface area contributed by atoms with Crippen LogP contribution >= 0.6 is 10.7 Å². The van der Waals surface area contributed by atoms with Gasteiger partial charge < -0.3 is 4.74 Å². The van der Waals surface area contributed by atoms with Crippen LogP contribution in [0, 0.1) is 11.8 Å². The van der Waals surface area contributed by atoms with Gasteiger partial charge in [-0.1, -0.05) is 19.8 Å². The summed E-state index contributed by atoms with van der Waals surface area (Å²) in [7, 11) is 1.77. The van der Waals surface area contributed by atoms with Gasteiger partial charge in [-0.2, -0.15) is 0 Å². The minimum Gasteiger partial charge on any atom is -0.381 e. The summed E-state index contributed by atoms with van der Waals surface area (Å²) in [6.45, 7) is 3.10. The van der Waals surface area contributed by atoms with Crippen molar-refractivity contribution in [3.63, 3.8) is 0 Å². The molecule has 0 saturated heterocycles. The summed E-state index contributed by atoms with van der Waals surface area (Å²) in [4.78, 5) is 0. The first-order valence-corrected chi connectivity index (χ1v) is 7.95. The molecule has 5 heteroatoms. The van der Waals surface area contributed by atoms with E-state index in [1.165, 1.54) is 25.7 Å². The van der Waals surface area contributed by atoms with Gasteiger partial charge in [-0.3, -0.25) is 0 Å². The molecule has 1 atom stereocenters. The lowest BCUT2D eigenvalue weighted by atomic mass is 10.1. The number of hydrogen-bond acceptors (Lipinski definition) is 3. The maximum atomic E-state index is 10.8. The zero-order valence-electron chi connectivity index (χ0n) is 9.12. The van der Waals surface area contributed by atoms with Gasteiger partial charge >= 0.3 is 0 Å². The maximum absolute atomic E-state index is 10.8. The predicted molar refractivity (Wildman–Crippen MR) is 61.6 cm³/mol. The molecule has 0 spiro atoms. The van der Waals surface area contributed by atoms with Gasteiger partial charge in [0.1, 0.15) is 0 Å². The van der Waals surface area contributed by atoms with Crippen LogP contribution in [-0.2, 0) is 13.8 Å². The Hall–Kier alpha value is 0.200. The van der Waals surface area contributed by atoms with Crippen LogP contribution < -0.4 is 0 Å². The van der Waals surface area contributed by atoms with Gasteiger partial charge in [0, 0.05) is 17.3 Å². The monoisotopic (exact) mass is 254 g/mol. The average Bonchev–Trinajstić information content (AvgIpc) is 2.53. The van der Waals surface area contributed by atoms with Gasteiger partial charge in [-0.15, -0.1) is 0 Å². The lowest BCUT2D eigenvalue weighted by Crippen LogP contribution is -2.17. The Morgan fingerprint density at radius 1 is 1.40 bits per heavy atom. The second-order valence-electron chi connectivity index (χ2n) is 4.50. The first-order valence-electron chi connectivity index (χ1n) is 5.47. The Balaban J connectivity index is 2.08. The lowest BCUT2D eigenvalue weighted by Gasteiger charge is -2.13. The van der Waals surface area contributed by atoms with Gasteiger partial charge in [0.15, 0.2) is 0 Å². The van der Waals surface area contributed by atoms with E-state index in [-0.39, 0.29) is 11.7 Å². The summed E-state index contributed by atoms with van der Waals surface area (Å²) in [6.07, 6.45) is 5.11. The summed E-state index contributed by atoms with van der Waals surface area (Å²) >= 11 is 0. The zero-order chi connectivity index (χ0) is 11.3. The van der Waals surface area contributed by atoms with Crippen LogP contribution in [0.5, 0.6) is 0 Å². The SMILES string of the molecule is CC(COCC1CCCC1)CS(=O)(=O)Cl. The van der Waals surface area contributed by atoms with Crippen molar-refractivity contribution in [1.29, 1.82) is 0 Å². The van der Waals surface area contributed by atoms with Crippen molar-refractivity contribution in [3.05, 3.63) is 0 Å². The molecule has 0 N–H and O–H groups in total. The molecule has 1 unspecified atom stereocenters. The van der Waals surface area contributed by atoms with Crippen LogP contribution in [0.3, 0.4) is 0 Å². The van der Waals surface area contributed by atoms with E-state index in [0.717, 1.165) is 6.61 Å². The van der Waals surface area contributed by atoms with E-state index < -0.39 is 9.05 Å². The van der Waals surface area contributed by atoms with Crippen molar-refractivity contribution in [1.82, 2.24) is 0 Å². The predicted octanol–water partition coefficient (Wildman–Crippen LogP) is 2.40. The van der Waals surface area contributed by atoms with Crippen molar-refractivity contribution < 1.29 is 13.2 Å². The highest BCUT2D eigenvalue weighted by Crippen LogP contribution is 2.24. The summed E-state index contributed by atoms with van der Waals surface area (Å²) in [5.74, 6) is 0.665. The molecular weight excluding hydrogens is 236 g/mol. The number of rotatable bonds is 6. The largest absolute Gasteiger partial charge is 0.381 e. The maximum Gasteiger partial charge on any atom is 0.232 e. The van der Waals surface area contributed by atoms with E-state index in [0.29, 0.717) is 12.5 Å². The molecule has 0 aromatic carbocycles. The van der Waals surface area contributed by atoms with Crippen molar-refractivity contribution in [2.24, 2.45) is 11.8 Å². The molecular formula is C10H19ClO3S. The van der Waals surface area contributed by atoms with Gasteiger partial charge in [0.25, 0.3) is 0 Å². The lowest BCUT2D eigenvalue weighted by molar-refractivity contribution is 0.0819. The van der Waals surface area contributed by atoms with Crippen LogP contribution in [-0.4, -0.2) is 27.4 Å². The summed E-state index contributed by atoms with van der Waals surface area (Å²) < 4.78 is 27.0. The molecule has 0 bridgehead atoms. The van der Waals surface area contributed by atoms with Gasteiger partial charge in [0.05, 0.1) is 12.4 Å². The van der Waals surface area contributed by atoms with E-state index in [9.17, 15) is 8.42 Å². The van der Waals surface area contributed by atoms with Gasteiger partial charge in [0.2, 0.25) is 9.05 Å². The highest BCUT2D eigenvalue weighted by molar-refractivity contribution is 8.13. The molecule has 1 rings (SSSR count). The Labute approximate surface area is 96.6 Å². The van der Waals surface area contributed by atoms with Crippen molar-refractivity contribution >= 4 is 19.7 Å². The van der Waals surface area contributed by atoms with Gasteiger partial charge in [-0.05, 0) is 24.7 Å². The normalized spacial score (nSPS) is 20.7. The van der Waals surface area contributed by atoms with Crippen molar-refractivity contribution in [3.8, 4) is 0 Å². The fourth-order valence-corrected chi connectivity index (χ4v) is 3.42. The minimum atomic E-state index is -3.38. The minimum absolute atomic E-state index is 0.000772. The molecule has 0 aromatic rings. The summed E-state index contributed by atoms with van der Waals surface area (Å²) in [5.41, 5.74) is 0. The van der Waals surface area contributed by atoms with Crippen LogP contribution in [0.2, 0.25) is 0 Å². The third kappa shape index (κ3) is 6.38. The quantitative estimate of drug-likeness (QED) is 0.684. The molecule has 0 amide bonds. The standard InChI is InChI=1S/C10H19ClO3S/c1-9(8-15(11,12)13)6-14-7-10-4-2-3-5-10/h9-10H,2-8H2,1H3. The first kappa shape index (κ1) is 13.3. The topological polar surface area (TPSA) is 43.4 Å². The molecule has 1 aliphatic rings. The third-order valence-corrected chi connectivity index (χ3v) is 4.06. The molecule has 0 radical (unpaired) electrons. The fourth-order valence-electron chi connectivity index (χ4n) is 2.00. The second-order valence-corrected chi connectivity index (χ2v) is 7.32. The van der Waals surface area contributed by atoms with Crippen molar-refractivity contribution in [2.45, 2.75) is 32.6 Å². The van der Waals surface area contributed by atoms with E-state index in [4.69, 9.17) is 15.4 Å². The van der Waals surface area contributed by atoms with Crippen LogP contribution in [0.15, 0.2) is 0 Å². The summed E-state index contributed by atoms with van der Waals surface area (Å²) in [6, 6.07) is 0. The number of ether oxygens (including phenoxy) is 1. The molecule has 3 nitrogen and oxygen atoms in total. The number of hydrogen-bond donors (Lipinski definition) is 0. The molecule has 1 aliphatic carbocycles. The van der Waals surface area contributed by atoms with Crippen LogP contribution in [0.1, 0.15) is 32.6 Å². The molecule has 90 valence electrons. The van der Waals surface area contributed by atoms with E-state index in [2.05, 4.69) is 0 Å². The molecule has 0 heterocycles. The smallest absolute Gasteiger partial charge is 0.232 e. The molecule has 0 aromatic heterocycles. The Morgan fingerprint density at radius 2 is 2.00 bits per heavy atom. The highest BCUT2D eigenvalue weighted by atomic mass is 35.7. The molecule has 0 aliphatic heterocycles. The van der Waals surface area contributed by atoms with Crippen LogP contribution in [0.25, 0.3) is 0 Å². The van der Waals surface area contributed by atoms with E-state index >= 15 is 0 Å². The summed E-state index contributed by atoms with van der Waals surface area (Å²) in [5, 5.41) is 0. The van der Waals surface area contributed by atoms with Crippen LogP contribution in [0.4, 0.5) is 0 Å². The Bertz CT molecular complexity index is 270. The first-order chi connectivity index (χ1) is 6.97. The highest BCUT2D eigenvalue weighted by Gasteiger charge is 2.17. The molecule has 15 heavy (non-hydrogen) atoms. The second kappa shape index (κ2) is 6.06. The third-order valence-electron chi connectivity index (χ3n) is 2.71. The Morgan fingerprint density at radius 3 is 2.53 bits per heavy atom. The van der Waals surface area contributed by atoms with E-state index in [1.54, 1.807) is 0 Å². The molecule has 1 fully saturated rings. The molecule has 1 saturated carbocycles. The zero-order valence-corrected chi connectivity index (χ0v) is 10.7. The Kier molecular flexibility index (Phi) is 5.36. The van der Waals surface area contributed by atoms with Gasteiger partial charge in [-0.25, -0.2) is 8.42 Å². The number of halogens is 1. The van der Waals surface area contributed by atoms with Crippen molar-refractivity contribution in [2.75, 3.05) is 19.0 Å². The van der Waals surface area contributed by atoms with E-state index in [1.807, 2.05) is 6.92 Å². The fraction of sp³-hybridized carbons (Fsp3) is 1.00. The average molecular weight is 255 g/mol.